The van der Waals surface area contributed by atoms with Crippen molar-refractivity contribution in [1.82, 2.24) is 14.9 Å². The molecule has 2 rings (SSSR count). The quantitative estimate of drug-likeness (QED) is 0.732. The lowest BCUT2D eigenvalue weighted by molar-refractivity contribution is -0.120. The second-order valence-corrected chi connectivity index (χ2v) is 7.88. The number of carbonyl (C=O) groups excluding carboxylic acids is 2. The number of carbonyl (C=O) groups is 2. The first-order chi connectivity index (χ1) is 11.8. The topological polar surface area (TPSA) is 105 Å². The van der Waals surface area contributed by atoms with Crippen molar-refractivity contribution in [2.45, 2.75) is 24.8 Å². The van der Waals surface area contributed by atoms with Gasteiger partial charge in [0.2, 0.25) is 15.9 Å². The Bertz CT molecular complexity index is 710. The van der Waals surface area contributed by atoms with Crippen LogP contribution in [0.1, 0.15) is 24.2 Å². The standard InChI is InChI=1S/C16H23N3O5S/c1-12(2)18-15(20)11-17-16(21)13-3-5-14(6-4-13)25(22,23)19-7-9-24-10-8-19/h3-6,12H,7-11H2,1-2H3,(H,17,21)(H,18,20). The lowest BCUT2D eigenvalue weighted by atomic mass is 10.2. The first kappa shape index (κ1) is 19.4. The molecule has 1 aliphatic heterocycles. The third-order valence-electron chi connectivity index (χ3n) is 3.58. The minimum atomic E-state index is -3.59. The number of sulfonamides is 1. The molecule has 25 heavy (non-hydrogen) atoms. The van der Waals surface area contributed by atoms with E-state index in [9.17, 15) is 18.0 Å². The maximum Gasteiger partial charge on any atom is 0.251 e. The number of morpholine rings is 1. The maximum absolute atomic E-state index is 12.5. The fourth-order valence-electron chi connectivity index (χ4n) is 2.35. The lowest BCUT2D eigenvalue weighted by Crippen LogP contribution is -2.40. The van der Waals surface area contributed by atoms with E-state index < -0.39 is 15.9 Å². The number of benzene rings is 1. The number of ether oxygens (including phenoxy) is 1. The molecule has 1 aromatic rings. The number of amides is 2. The Morgan fingerprint density at radius 2 is 1.76 bits per heavy atom. The van der Waals surface area contributed by atoms with E-state index >= 15 is 0 Å². The van der Waals surface area contributed by atoms with Gasteiger partial charge in [-0.1, -0.05) is 0 Å². The maximum atomic E-state index is 12.5. The van der Waals surface area contributed by atoms with Crippen LogP contribution in [-0.2, 0) is 19.6 Å². The Kier molecular flexibility index (Phi) is 6.51. The molecule has 1 heterocycles. The van der Waals surface area contributed by atoms with Crippen molar-refractivity contribution >= 4 is 21.8 Å². The summed E-state index contributed by atoms with van der Waals surface area (Å²) in [6, 6.07) is 5.66. The molecular weight excluding hydrogens is 346 g/mol. The molecule has 0 saturated carbocycles. The van der Waals surface area contributed by atoms with Crippen LogP contribution in [0.2, 0.25) is 0 Å². The van der Waals surface area contributed by atoms with Gasteiger partial charge in [0.1, 0.15) is 0 Å². The van der Waals surface area contributed by atoms with Crippen molar-refractivity contribution in [2.75, 3.05) is 32.8 Å². The van der Waals surface area contributed by atoms with Gasteiger partial charge in [0.05, 0.1) is 24.7 Å². The molecule has 1 aromatic carbocycles. The monoisotopic (exact) mass is 369 g/mol. The van der Waals surface area contributed by atoms with Gasteiger partial charge in [0.15, 0.2) is 0 Å². The van der Waals surface area contributed by atoms with Crippen LogP contribution in [0.15, 0.2) is 29.2 Å². The van der Waals surface area contributed by atoms with E-state index in [0.29, 0.717) is 31.9 Å². The highest BCUT2D eigenvalue weighted by Gasteiger charge is 2.26. The molecule has 0 bridgehead atoms. The van der Waals surface area contributed by atoms with Gasteiger partial charge < -0.3 is 15.4 Å². The highest BCUT2D eigenvalue weighted by Crippen LogP contribution is 2.17. The predicted molar refractivity (Wildman–Crippen MR) is 91.6 cm³/mol. The first-order valence-corrected chi connectivity index (χ1v) is 9.50. The molecule has 8 nitrogen and oxygen atoms in total. The average molecular weight is 369 g/mol. The third kappa shape index (κ3) is 5.25. The van der Waals surface area contributed by atoms with E-state index in [2.05, 4.69) is 10.6 Å². The fraction of sp³-hybridized carbons (Fsp3) is 0.500. The van der Waals surface area contributed by atoms with Crippen LogP contribution >= 0.6 is 0 Å². The third-order valence-corrected chi connectivity index (χ3v) is 5.50. The number of rotatable bonds is 6. The van der Waals surface area contributed by atoms with Gasteiger partial charge >= 0.3 is 0 Å². The van der Waals surface area contributed by atoms with Crippen LogP contribution < -0.4 is 10.6 Å². The largest absolute Gasteiger partial charge is 0.379 e. The van der Waals surface area contributed by atoms with Crippen LogP contribution in [0.25, 0.3) is 0 Å². The van der Waals surface area contributed by atoms with E-state index in [4.69, 9.17) is 4.74 Å². The summed E-state index contributed by atoms with van der Waals surface area (Å²) in [5.74, 6) is -0.718. The molecule has 9 heteroatoms. The molecule has 0 atom stereocenters. The number of nitrogens with zero attached hydrogens (tertiary/aromatic N) is 1. The zero-order valence-electron chi connectivity index (χ0n) is 14.3. The molecule has 0 unspecified atom stereocenters. The fourth-order valence-corrected chi connectivity index (χ4v) is 3.76. The number of hydrogen-bond donors (Lipinski definition) is 2. The molecule has 1 saturated heterocycles. The molecule has 1 fully saturated rings. The highest BCUT2D eigenvalue weighted by atomic mass is 32.2. The van der Waals surface area contributed by atoms with Crippen LogP contribution in [0.3, 0.4) is 0 Å². The van der Waals surface area contributed by atoms with E-state index in [0.717, 1.165) is 0 Å². The van der Waals surface area contributed by atoms with Crippen molar-refractivity contribution in [3.63, 3.8) is 0 Å². The van der Waals surface area contributed by atoms with Crippen LogP contribution in [-0.4, -0.2) is 63.4 Å². The average Bonchev–Trinajstić information content (AvgIpc) is 2.60. The van der Waals surface area contributed by atoms with Gasteiger partial charge in [-0.2, -0.15) is 4.31 Å². The van der Waals surface area contributed by atoms with Crippen LogP contribution in [0.4, 0.5) is 0 Å². The van der Waals surface area contributed by atoms with E-state index in [1.54, 1.807) is 0 Å². The van der Waals surface area contributed by atoms with Crippen LogP contribution in [0, 0.1) is 0 Å². The Hall–Kier alpha value is -1.97. The minimum absolute atomic E-state index is 0.00548. The van der Waals surface area contributed by atoms with Crippen molar-refractivity contribution in [1.29, 1.82) is 0 Å². The molecule has 2 amide bonds. The summed E-state index contributed by atoms with van der Waals surface area (Å²) in [6.07, 6.45) is 0. The van der Waals surface area contributed by atoms with Gasteiger partial charge in [0, 0.05) is 24.7 Å². The Morgan fingerprint density at radius 1 is 1.16 bits per heavy atom. The minimum Gasteiger partial charge on any atom is -0.379 e. The smallest absolute Gasteiger partial charge is 0.251 e. The molecule has 138 valence electrons. The summed E-state index contributed by atoms with van der Waals surface area (Å²) < 4.78 is 31.5. The van der Waals surface area contributed by atoms with Gasteiger partial charge in [-0.3, -0.25) is 9.59 Å². The number of hydrogen-bond acceptors (Lipinski definition) is 5. The molecular formula is C16H23N3O5S. The molecule has 0 aromatic heterocycles. The van der Waals surface area contributed by atoms with Crippen molar-refractivity contribution in [3.8, 4) is 0 Å². The summed E-state index contributed by atoms with van der Waals surface area (Å²) in [5.41, 5.74) is 0.290. The SMILES string of the molecule is CC(C)NC(=O)CNC(=O)c1ccc(S(=O)(=O)N2CCOCC2)cc1. The van der Waals surface area contributed by atoms with Gasteiger partial charge in [-0.25, -0.2) is 8.42 Å². The molecule has 1 aliphatic rings. The number of nitrogens with one attached hydrogen (secondary N) is 2. The summed E-state index contributed by atoms with van der Waals surface area (Å²) in [4.78, 5) is 23.7. The highest BCUT2D eigenvalue weighted by molar-refractivity contribution is 7.89. The Labute approximate surface area is 147 Å². The van der Waals surface area contributed by atoms with Gasteiger partial charge in [0.25, 0.3) is 5.91 Å². The van der Waals surface area contributed by atoms with Crippen molar-refractivity contribution in [3.05, 3.63) is 29.8 Å². The summed E-state index contributed by atoms with van der Waals surface area (Å²) in [5, 5.41) is 5.16. The summed E-state index contributed by atoms with van der Waals surface area (Å²) in [6.45, 7) is 4.90. The zero-order chi connectivity index (χ0) is 18.4. The molecule has 0 aliphatic carbocycles. The Balaban J connectivity index is 1.99. The lowest BCUT2D eigenvalue weighted by Gasteiger charge is -2.26. The van der Waals surface area contributed by atoms with Crippen LogP contribution in [0.5, 0.6) is 0 Å². The second-order valence-electron chi connectivity index (χ2n) is 5.95. The van der Waals surface area contributed by atoms with Crippen molar-refractivity contribution < 1.29 is 22.7 Å². The summed E-state index contributed by atoms with van der Waals surface area (Å²) >= 11 is 0. The van der Waals surface area contributed by atoms with E-state index in [1.807, 2.05) is 13.8 Å². The first-order valence-electron chi connectivity index (χ1n) is 8.06. The Morgan fingerprint density at radius 3 is 2.32 bits per heavy atom. The predicted octanol–water partition coefficient (Wildman–Crippen LogP) is -0.0381. The summed E-state index contributed by atoms with van der Waals surface area (Å²) in [7, 11) is -3.59. The van der Waals surface area contributed by atoms with E-state index in [-0.39, 0.29) is 23.4 Å². The molecule has 0 radical (unpaired) electrons. The van der Waals surface area contributed by atoms with Crippen molar-refractivity contribution in [2.24, 2.45) is 0 Å². The van der Waals surface area contributed by atoms with E-state index in [1.165, 1.54) is 28.6 Å². The molecule has 0 spiro atoms. The van der Waals surface area contributed by atoms with Gasteiger partial charge in [-0.05, 0) is 38.1 Å². The van der Waals surface area contributed by atoms with Gasteiger partial charge in [-0.15, -0.1) is 0 Å². The zero-order valence-corrected chi connectivity index (χ0v) is 15.1. The normalized spacial score (nSPS) is 15.8. The second kappa shape index (κ2) is 8.41. The molecule has 2 N–H and O–H groups in total.